The van der Waals surface area contributed by atoms with Gasteiger partial charge >= 0.3 is 0 Å². The van der Waals surface area contributed by atoms with Crippen LogP contribution in [0, 0.1) is 0 Å². The lowest BCUT2D eigenvalue weighted by atomic mass is 10.0. The number of hydrogen-bond donors (Lipinski definition) is 1. The van der Waals surface area contributed by atoms with Crippen molar-refractivity contribution < 1.29 is 9.28 Å². The van der Waals surface area contributed by atoms with Crippen LogP contribution < -0.4 is 5.32 Å². The largest absolute Gasteiger partial charge is 0.307 e. The van der Waals surface area contributed by atoms with Gasteiger partial charge in [-0.25, -0.2) is 4.99 Å². The molecule has 4 heteroatoms. The molecule has 1 N–H and O–H groups in total. The number of nitrogens with zero attached hydrogens (tertiary/aromatic N) is 2. The average Bonchev–Trinajstić information content (AvgIpc) is 3.17. The van der Waals surface area contributed by atoms with Gasteiger partial charge in [-0.3, -0.25) is 9.28 Å². The van der Waals surface area contributed by atoms with Crippen LogP contribution in [0.4, 0.5) is 0 Å². The molecule has 180 valence electrons. The Hall–Kier alpha value is -1.16. The van der Waals surface area contributed by atoms with E-state index in [4.69, 9.17) is 4.99 Å². The molecule has 3 atom stereocenters. The van der Waals surface area contributed by atoms with E-state index in [2.05, 4.69) is 38.2 Å². The molecule has 1 rings (SSSR count). The molecule has 0 radical (unpaired) electrons. The number of aliphatic imine (C=N–C) groups is 1. The topological polar surface area (TPSA) is 41.5 Å². The van der Waals surface area contributed by atoms with Crippen LogP contribution in [-0.2, 0) is 4.79 Å². The van der Waals surface area contributed by atoms with Gasteiger partial charge in [-0.05, 0) is 19.8 Å². The highest BCUT2D eigenvalue weighted by molar-refractivity contribution is 5.73. The van der Waals surface area contributed by atoms with Crippen molar-refractivity contribution in [3.8, 4) is 0 Å². The van der Waals surface area contributed by atoms with Gasteiger partial charge in [0, 0.05) is 20.3 Å². The summed E-state index contributed by atoms with van der Waals surface area (Å²) in [5.74, 6) is 0.0436. The summed E-state index contributed by atoms with van der Waals surface area (Å²) in [6.45, 7) is 10.1. The minimum absolute atomic E-state index is 0.0436. The van der Waals surface area contributed by atoms with Crippen LogP contribution >= 0.6 is 0 Å². The summed E-state index contributed by atoms with van der Waals surface area (Å²) in [4.78, 5) is 16.3. The van der Waals surface area contributed by atoms with E-state index in [0.717, 1.165) is 24.0 Å². The zero-order valence-electron chi connectivity index (χ0n) is 21.2. The molecule has 0 aromatic carbocycles. The molecule has 0 bridgehead atoms. The van der Waals surface area contributed by atoms with E-state index in [9.17, 15) is 4.79 Å². The van der Waals surface area contributed by atoms with E-state index in [1.54, 1.807) is 6.92 Å². The van der Waals surface area contributed by atoms with Gasteiger partial charge < -0.3 is 5.32 Å². The van der Waals surface area contributed by atoms with E-state index in [1.807, 2.05) is 6.21 Å². The van der Waals surface area contributed by atoms with Crippen molar-refractivity contribution in [2.45, 2.75) is 136 Å². The first-order valence-corrected chi connectivity index (χ1v) is 13.4. The normalized spacial score (nSPS) is 21.7. The Morgan fingerprint density at radius 1 is 0.968 bits per heavy atom. The highest BCUT2D eigenvalue weighted by Gasteiger charge is 2.42. The second-order valence-electron chi connectivity index (χ2n) is 9.53. The molecular formula is C27H52N3O+. The summed E-state index contributed by atoms with van der Waals surface area (Å²) in [6, 6.07) is 0. The fourth-order valence-electron chi connectivity index (χ4n) is 4.91. The fourth-order valence-corrected chi connectivity index (χ4v) is 4.91. The smallest absolute Gasteiger partial charge is 0.221 e. The number of allylic oxidation sites excluding steroid dienone is 1. The summed E-state index contributed by atoms with van der Waals surface area (Å²) < 4.78 is 0.836. The summed E-state index contributed by atoms with van der Waals surface area (Å²) >= 11 is 0. The number of unbranched alkanes of at least 4 members (excludes halogenated alkanes) is 13. The molecule has 1 aliphatic rings. The molecule has 0 spiro atoms. The van der Waals surface area contributed by atoms with Crippen LogP contribution in [0.25, 0.3) is 0 Å². The fraction of sp³-hybridized carbons (Fsp3) is 0.852. The predicted octanol–water partition coefficient (Wildman–Crippen LogP) is 7.14. The van der Waals surface area contributed by atoms with Crippen LogP contribution in [0.1, 0.15) is 124 Å². The molecule has 1 aliphatic heterocycles. The minimum atomic E-state index is 0.0436. The average molecular weight is 435 g/mol. The monoisotopic (exact) mass is 434 g/mol. The number of quaternary nitrogens is 1. The Bertz CT molecular complexity index is 517. The van der Waals surface area contributed by atoms with E-state index in [1.165, 1.54) is 89.9 Å². The summed E-state index contributed by atoms with van der Waals surface area (Å²) in [7, 11) is 0. The molecule has 0 aliphatic carbocycles. The summed E-state index contributed by atoms with van der Waals surface area (Å²) in [5.41, 5.74) is 0. The Morgan fingerprint density at radius 3 is 2.03 bits per heavy atom. The zero-order chi connectivity index (χ0) is 22.8. The Kier molecular flexibility index (Phi) is 15.6. The molecule has 0 saturated heterocycles. The lowest BCUT2D eigenvalue weighted by Gasteiger charge is -2.42. The standard InChI is InChI=1S/C27H51N3O/c1-5-7-8-9-10-11-12-13-14-15-16-17-18-19-20-21-22-27-28-23-24-30(27,6-2)25(3)29-26(4)31/h20-21,23,25,27H,5-19,22,24H2,1-4H3/p+1/b21-20+. The van der Waals surface area contributed by atoms with Crippen molar-refractivity contribution in [2.75, 3.05) is 13.1 Å². The molecule has 0 aromatic rings. The van der Waals surface area contributed by atoms with Crippen LogP contribution in [0.15, 0.2) is 17.1 Å². The first-order valence-electron chi connectivity index (χ1n) is 13.4. The second kappa shape index (κ2) is 17.4. The molecule has 3 unspecified atom stereocenters. The Balaban J connectivity index is 2.06. The number of nitrogens with one attached hydrogen (secondary N) is 1. The van der Waals surface area contributed by atoms with Crippen molar-refractivity contribution in [3.05, 3.63) is 12.2 Å². The number of carbonyl (C=O) groups excluding carboxylic acids is 1. The van der Waals surface area contributed by atoms with Crippen LogP contribution in [0.5, 0.6) is 0 Å². The number of rotatable bonds is 19. The maximum absolute atomic E-state index is 11.5. The van der Waals surface area contributed by atoms with Crippen LogP contribution in [0.3, 0.4) is 0 Å². The van der Waals surface area contributed by atoms with Gasteiger partial charge in [0.1, 0.15) is 6.54 Å². The van der Waals surface area contributed by atoms with Gasteiger partial charge in [-0.15, -0.1) is 0 Å². The van der Waals surface area contributed by atoms with E-state index in [0.29, 0.717) is 0 Å². The predicted molar refractivity (Wildman–Crippen MR) is 135 cm³/mol. The second-order valence-corrected chi connectivity index (χ2v) is 9.53. The third-order valence-electron chi connectivity index (χ3n) is 7.05. The van der Waals surface area contributed by atoms with Gasteiger partial charge in [-0.2, -0.15) is 0 Å². The number of carbonyl (C=O) groups is 1. The van der Waals surface area contributed by atoms with E-state index >= 15 is 0 Å². The maximum atomic E-state index is 11.5. The lowest BCUT2D eigenvalue weighted by molar-refractivity contribution is -0.958. The molecule has 1 heterocycles. The molecule has 31 heavy (non-hydrogen) atoms. The summed E-state index contributed by atoms with van der Waals surface area (Å²) in [5, 5.41) is 3.09. The number of hydrogen-bond acceptors (Lipinski definition) is 2. The third kappa shape index (κ3) is 11.3. The van der Waals surface area contributed by atoms with E-state index in [-0.39, 0.29) is 18.2 Å². The maximum Gasteiger partial charge on any atom is 0.221 e. The third-order valence-corrected chi connectivity index (χ3v) is 7.05. The number of amides is 1. The molecular weight excluding hydrogens is 382 g/mol. The van der Waals surface area contributed by atoms with Crippen molar-refractivity contribution >= 4 is 12.1 Å². The summed E-state index contributed by atoms with van der Waals surface area (Å²) in [6.07, 6.45) is 27.5. The van der Waals surface area contributed by atoms with Crippen molar-refractivity contribution in [3.63, 3.8) is 0 Å². The van der Waals surface area contributed by atoms with Crippen molar-refractivity contribution in [1.29, 1.82) is 0 Å². The first kappa shape index (κ1) is 27.9. The quantitative estimate of drug-likeness (QED) is 0.131. The van der Waals surface area contributed by atoms with Gasteiger partial charge in [0.25, 0.3) is 0 Å². The van der Waals surface area contributed by atoms with E-state index < -0.39 is 0 Å². The van der Waals surface area contributed by atoms with Gasteiger partial charge in [0.05, 0.1) is 12.8 Å². The van der Waals surface area contributed by atoms with Gasteiger partial charge in [0.2, 0.25) is 5.91 Å². The van der Waals surface area contributed by atoms with Crippen molar-refractivity contribution in [1.82, 2.24) is 5.32 Å². The highest BCUT2D eigenvalue weighted by Crippen LogP contribution is 2.25. The molecule has 1 amide bonds. The SMILES string of the molecule is CCCCCCCCCCCCCCC/C=C/CC1N=CC[N+]1(CC)C(C)NC(C)=O. The minimum Gasteiger partial charge on any atom is -0.307 e. The van der Waals surface area contributed by atoms with Crippen molar-refractivity contribution in [2.24, 2.45) is 4.99 Å². The van der Waals surface area contributed by atoms with Crippen LogP contribution in [0.2, 0.25) is 0 Å². The zero-order valence-corrected chi connectivity index (χ0v) is 21.2. The molecule has 0 aromatic heterocycles. The molecule has 0 fully saturated rings. The van der Waals surface area contributed by atoms with Crippen LogP contribution in [-0.4, -0.2) is 42.0 Å². The Morgan fingerprint density at radius 2 is 1.52 bits per heavy atom. The van der Waals surface area contributed by atoms with Gasteiger partial charge in [0.15, 0.2) is 12.3 Å². The molecule has 0 saturated carbocycles. The Labute approximate surface area is 193 Å². The highest BCUT2D eigenvalue weighted by atomic mass is 16.1. The first-order chi connectivity index (χ1) is 15.1. The lowest BCUT2D eigenvalue weighted by Crippen LogP contribution is -2.63. The van der Waals surface area contributed by atoms with Gasteiger partial charge in [-0.1, -0.05) is 96.1 Å². The molecule has 4 nitrogen and oxygen atoms in total.